The van der Waals surface area contributed by atoms with Gasteiger partial charge in [-0.1, -0.05) is 6.92 Å². The largest absolute Gasteiger partial charge is 0.497 e. The predicted octanol–water partition coefficient (Wildman–Crippen LogP) is 3.48. The van der Waals surface area contributed by atoms with E-state index in [0.29, 0.717) is 34.0 Å². The number of benzene rings is 1. The van der Waals surface area contributed by atoms with Gasteiger partial charge in [0, 0.05) is 23.2 Å². The lowest BCUT2D eigenvalue weighted by Gasteiger charge is -2.13. The van der Waals surface area contributed by atoms with E-state index in [1.807, 2.05) is 32.0 Å². The van der Waals surface area contributed by atoms with Crippen LogP contribution in [-0.2, 0) is 6.42 Å². The molecule has 0 saturated carbocycles. The van der Waals surface area contributed by atoms with Crippen molar-refractivity contribution in [3.63, 3.8) is 0 Å². The summed E-state index contributed by atoms with van der Waals surface area (Å²) in [5, 5.41) is 9.61. The standard InChI is InChI=1S/C20H21N5O2/c1-5-18-23-11(2)19(25-18)13-9-16(24-20(22)15(13)10-21)14-8-12(26-3)6-7-17(14)27-4/h6-9H,5H2,1-4H3,(H2,22,24)(H,23,25). The molecule has 0 radical (unpaired) electrons. The van der Waals surface area contributed by atoms with Crippen molar-refractivity contribution in [1.29, 1.82) is 5.26 Å². The monoisotopic (exact) mass is 363 g/mol. The van der Waals surface area contributed by atoms with Crippen LogP contribution in [0.4, 0.5) is 5.82 Å². The number of pyridine rings is 1. The summed E-state index contributed by atoms with van der Waals surface area (Å²) in [7, 11) is 3.18. The number of rotatable bonds is 5. The molecule has 0 aliphatic carbocycles. The van der Waals surface area contributed by atoms with Crippen molar-refractivity contribution >= 4 is 5.82 Å². The van der Waals surface area contributed by atoms with Gasteiger partial charge in [0.25, 0.3) is 0 Å². The highest BCUT2D eigenvalue weighted by molar-refractivity contribution is 5.81. The van der Waals surface area contributed by atoms with E-state index in [0.717, 1.165) is 23.5 Å². The van der Waals surface area contributed by atoms with Gasteiger partial charge in [0.05, 0.1) is 25.6 Å². The minimum Gasteiger partial charge on any atom is -0.497 e. The highest BCUT2D eigenvalue weighted by Crippen LogP contribution is 2.37. The van der Waals surface area contributed by atoms with Crippen molar-refractivity contribution in [1.82, 2.24) is 15.0 Å². The molecule has 0 saturated heterocycles. The van der Waals surface area contributed by atoms with Gasteiger partial charge in [0.2, 0.25) is 0 Å². The number of methoxy groups -OCH3 is 2. The number of hydrogen-bond acceptors (Lipinski definition) is 6. The van der Waals surface area contributed by atoms with Gasteiger partial charge in [-0.3, -0.25) is 0 Å². The Bertz CT molecular complexity index is 1030. The molecule has 0 spiro atoms. The maximum Gasteiger partial charge on any atom is 0.142 e. The lowest BCUT2D eigenvalue weighted by molar-refractivity contribution is 0.404. The van der Waals surface area contributed by atoms with Crippen LogP contribution in [0, 0.1) is 18.3 Å². The SMILES string of the molecule is CCc1nc(-c2cc(-c3cc(OC)ccc3OC)nc(N)c2C#N)c(C)[nH]1. The molecule has 2 aromatic heterocycles. The predicted molar refractivity (Wildman–Crippen MR) is 104 cm³/mol. The van der Waals surface area contributed by atoms with Crippen molar-refractivity contribution in [3.8, 4) is 40.1 Å². The number of nitrogen functional groups attached to an aromatic ring is 1. The average molecular weight is 363 g/mol. The summed E-state index contributed by atoms with van der Waals surface area (Å²) in [5.41, 5.74) is 9.93. The van der Waals surface area contributed by atoms with Gasteiger partial charge in [0.15, 0.2) is 0 Å². The number of aromatic nitrogens is 3. The van der Waals surface area contributed by atoms with Crippen LogP contribution in [0.15, 0.2) is 24.3 Å². The zero-order chi connectivity index (χ0) is 19.6. The molecule has 138 valence electrons. The van der Waals surface area contributed by atoms with Gasteiger partial charge in [-0.2, -0.15) is 5.26 Å². The molecule has 7 nitrogen and oxygen atoms in total. The van der Waals surface area contributed by atoms with Gasteiger partial charge in [0.1, 0.15) is 34.8 Å². The van der Waals surface area contributed by atoms with Crippen LogP contribution >= 0.6 is 0 Å². The Morgan fingerprint density at radius 2 is 1.93 bits per heavy atom. The molecule has 0 atom stereocenters. The fourth-order valence-corrected chi connectivity index (χ4v) is 2.97. The van der Waals surface area contributed by atoms with Crippen LogP contribution in [0.1, 0.15) is 24.0 Å². The van der Waals surface area contributed by atoms with Gasteiger partial charge >= 0.3 is 0 Å². The number of aryl methyl sites for hydroxylation is 2. The number of nitriles is 1. The summed E-state index contributed by atoms with van der Waals surface area (Å²) in [6, 6.07) is 9.40. The molecule has 1 aromatic carbocycles. The number of imidazole rings is 1. The first-order chi connectivity index (χ1) is 13.0. The topological polar surface area (TPSA) is 110 Å². The number of anilines is 1. The summed E-state index contributed by atoms with van der Waals surface area (Å²) in [4.78, 5) is 12.3. The van der Waals surface area contributed by atoms with Crippen LogP contribution in [0.3, 0.4) is 0 Å². The Labute approximate surface area is 157 Å². The van der Waals surface area contributed by atoms with Crippen LogP contribution in [0.25, 0.3) is 22.5 Å². The van der Waals surface area contributed by atoms with Gasteiger partial charge in [-0.15, -0.1) is 0 Å². The molecule has 3 rings (SSSR count). The third-order valence-corrected chi connectivity index (χ3v) is 4.37. The number of nitrogens with one attached hydrogen (secondary N) is 1. The summed E-state index contributed by atoms with van der Waals surface area (Å²) >= 11 is 0. The van der Waals surface area contributed by atoms with Gasteiger partial charge in [-0.05, 0) is 31.2 Å². The van der Waals surface area contributed by atoms with E-state index in [1.165, 1.54) is 0 Å². The molecule has 3 N–H and O–H groups in total. The van der Waals surface area contributed by atoms with Crippen molar-refractivity contribution < 1.29 is 9.47 Å². The van der Waals surface area contributed by atoms with Crippen LogP contribution < -0.4 is 15.2 Å². The molecule has 0 aliphatic rings. The van der Waals surface area contributed by atoms with Crippen molar-refractivity contribution in [2.24, 2.45) is 0 Å². The molecular formula is C20H21N5O2. The lowest BCUT2D eigenvalue weighted by atomic mass is 10.0. The Balaban J connectivity index is 2.27. The van der Waals surface area contributed by atoms with E-state index < -0.39 is 0 Å². The quantitative estimate of drug-likeness (QED) is 0.718. The number of hydrogen-bond donors (Lipinski definition) is 2. The first-order valence-electron chi connectivity index (χ1n) is 8.51. The fourth-order valence-electron chi connectivity index (χ4n) is 2.97. The third-order valence-electron chi connectivity index (χ3n) is 4.37. The number of aromatic amines is 1. The van der Waals surface area contributed by atoms with Gasteiger partial charge in [-0.25, -0.2) is 9.97 Å². The molecule has 0 fully saturated rings. The van der Waals surface area contributed by atoms with Crippen LogP contribution in [-0.4, -0.2) is 29.2 Å². The van der Waals surface area contributed by atoms with E-state index in [4.69, 9.17) is 15.2 Å². The van der Waals surface area contributed by atoms with E-state index in [1.54, 1.807) is 20.3 Å². The van der Waals surface area contributed by atoms with Gasteiger partial charge < -0.3 is 20.2 Å². The van der Waals surface area contributed by atoms with Crippen molar-refractivity contribution in [3.05, 3.63) is 41.3 Å². The zero-order valence-electron chi connectivity index (χ0n) is 15.8. The molecule has 2 heterocycles. The van der Waals surface area contributed by atoms with Crippen LogP contribution in [0.2, 0.25) is 0 Å². The average Bonchev–Trinajstić information content (AvgIpc) is 3.07. The molecule has 0 aliphatic heterocycles. The number of H-pyrrole nitrogens is 1. The van der Waals surface area contributed by atoms with E-state index in [-0.39, 0.29) is 5.82 Å². The van der Waals surface area contributed by atoms with E-state index in [9.17, 15) is 5.26 Å². The Hall–Kier alpha value is -3.53. The van der Waals surface area contributed by atoms with Crippen molar-refractivity contribution in [2.75, 3.05) is 20.0 Å². The van der Waals surface area contributed by atoms with E-state index in [2.05, 4.69) is 21.0 Å². The number of nitrogens with zero attached hydrogens (tertiary/aromatic N) is 3. The molecule has 7 heteroatoms. The second-order valence-electron chi connectivity index (χ2n) is 6.00. The van der Waals surface area contributed by atoms with E-state index >= 15 is 0 Å². The normalized spacial score (nSPS) is 10.5. The second kappa shape index (κ2) is 7.38. The molecule has 27 heavy (non-hydrogen) atoms. The molecule has 3 aromatic rings. The first-order valence-corrected chi connectivity index (χ1v) is 8.51. The summed E-state index contributed by atoms with van der Waals surface area (Å²) < 4.78 is 10.8. The zero-order valence-corrected chi connectivity index (χ0v) is 15.8. The minimum atomic E-state index is 0.148. The molecule has 0 unspecified atom stereocenters. The highest BCUT2D eigenvalue weighted by atomic mass is 16.5. The number of ether oxygens (including phenoxy) is 2. The highest BCUT2D eigenvalue weighted by Gasteiger charge is 2.19. The Morgan fingerprint density at radius 1 is 1.15 bits per heavy atom. The smallest absolute Gasteiger partial charge is 0.142 e. The first kappa shape index (κ1) is 18.3. The van der Waals surface area contributed by atoms with Crippen LogP contribution in [0.5, 0.6) is 11.5 Å². The molecule has 0 amide bonds. The Morgan fingerprint density at radius 3 is 2.52 bits per heavy atom. The maximum atomic E-state index is 9.61. The van der Waals surface area contributed by atoms with Crippen molar-refractivity contribution in [2.45, 2.75) is 20.3 Å². The second-order valence-corrected chi connectivity index (χ2v) is 6.00. The fraction of sp³-hybridized carbons (Fsp3) is 0.250. The number of nitrogens with two attached hydrogens (primary N) is 1. The maximum absolute atomic E-state index is 9.61. The molecule has 0 bridgehead atoms. The Kier molecular flexibility index (Phi) is 4.99. The minimum absolute atomic E-state index is 0.148. The lowest BCUT2D eigenvalue weighted by Crippen LogP contribution is -2.01. The molecular weight excluding hydrogens is 342 g/mol. The summed E-state index contributed by atoms with van der Waals surface area (Å²) in [5.74, 6) is 2.30. The third kappa shape index (κ3) is 3.29. The summed E-state index contributed by atoms with van der Waals surface area (Å²) in [6.45, 7) is 3.94. The summed E-state index contributed by atoms with van der Waals surface area (Å²) in [6.07, 6.45) is 0.764.